The monoisotopic (exact) mass is 443 g/mol. The topological polar surface area (TPSA) is 35.6 Å². The van der Waals surface area contributed by atoms with Gasteiger partial charge in [0.25, 0.3) is 0 Å². The minimum absolute atomic E-state index is 0.0181. The predicted molar refractivity (Wildman–Crippen MR) is 118 cm³/mol. The van der Waals surface area contributed by atoms with Gasteiger partial charge in [-0.25, -0.2) is 0 Å². The zero-order valence-corrected chi connectivity index (χ0v) is 17.9. The molecular formula is C25H28F3N3O. The van der Waals surface area contributed by atoms with E-state index in [1.54, 1.807) is 6.07 Å². The highest BCUT2D eigenvalue weighted by Gasteiger charge is 2.43. The molecule has 4 nitrogen and oxygen atoms in total. The van der Waals surface area contributed by atoms with E-state index < -0.39 is 11.7 Å². The molecule has 0 spiro atoms. The van der Waals surface area contributed by atoms with Gasteiger partial charge in [0.05, 0.1) is 17.5 Å². The van der Waals surface area contributed by atoms with Crippen LogP contribution in [0.3, 0.4) is 0 Å². The number of alkyl halides is 3. The Morgan fingerprint density at radius 1 is 1.06 bits per heavy atom. The summed E-state index contributed by atoms with van der Waals surface area (Å²) < 4.78 is 39.9. The second kappa shape index (κ2) is 8.43. The molecular weight excluding hydrogens is 415 g/mol. The molecule has 0 unspecified atom stereocenters. The van der Waals surface area contributed by atoms with Crippen molar-refractivity contribution in [1.82, 2.24) is 10.2 Å². The number of fused-ring (bicyclic) bond motifs is 3. The lowest BCUT2D eigenvalue weighted by Gasteiger charge is -2.49. The van der Waals surface area contributed by atoms with Crippen molar-refractivity contribution in [3.8, 4) is 0 Å². The van der Waals surface area contributed by atoms with Crippen LogP contribution in [0.4, 0.5) is 18.9 Å². The molecule has 0 bridgehead atoms. The molecule has 3 aliphatic rings. The van der Waals surface area contributed by atoms with Crippen molar-refractivity contribution in [3.05, 3.63) is 65.2 Å². The number of carbonyl (C=O) groups is 1. The molecule has 32 heavy (non-hydrogen) atoms. The smallest absolute Gasteiger partial charge is 0.365 e. The highest BCUT2D eigenvalue weighted by atomic mass is 19.4. The number of anilines is 1. The number of piperazine rings is 1. The Morgan fingerprint density at radius 2 is 1.84 bits per heavy atom. The number of nitrogens with one attached hydrogen (secondary N) is 1. The summed E-state index contributed by atoms with van der Waals surface area (Å²) in [7, 11) is 0. The molecule has 0 aromatic heterocycles. The molecule has 170 valence electrons. The maximum atomic E-state index is 13.3. The Labute approximate surface area is 186 Å². The molecule has 2 atom stereocenters. The van der Waals surface area contributed by atoms with Gasteiger partial charge in [0.15, 0.2) is 0 Å². The third-order valence-corrected chi connectivity index (χ3v) is 6.94. The van der Waals surface area contributed by atoms with Crippen LogP contribution in [0.5, 0.6) is 0 Å². The van der Waals surface area contributed by atoms with Crippen LogP contribution in [0.15, 0.2) is 48.5 Å². The number of hydrogen-bond acceptors (Lipinski definition) is 3. The quantitative estimate of drug-likeness (QED) is 0.762. The largest absolute Gasteiger partial charge is 0.416 e. The van der Waals surface area contributed by atoms with E-state index in [-0.39, 0.29) is 23.9 Å². The first-order valence-corrected chi connectivity index (χ1v) is 11.4. The number of hydrogen-bond donors (Lipinski definition) is 1. The average molecular weight is 444 g/mol. The molecule has 2 aromatic carbocycles. The zero-order valence-electron chi connectivity index (χ0n) is 17.9. The first-order valence-electron chi connectivity index (χ1n) is 11.4. The van der Waals surface area contributed by atoms with Crippen molar-refractivity contribution in [2.24, 2.45) is 5.92 Å². The first-order chi connectivity index (χ1) is 15.4. The first kappa shape index (κ1) is 21.3. The van der Waals surface area contributed by atoms with Gasteiger partial charge < -0.3 is 10.2 Å². The molecule has 2 aliphatic heterocycles. The van der Waals surface area contributed by atoms with Gasteiger partial charge in [0.1, 0.15) is 0 Å². The van der Waals surface area contributed by atoms with E-state index >= 15 is 0 Å². The van der Waals surface area contributed by atoms with E-state index in [1.165, 1.54) is 17.7 Å². The lowest BCUT2D eigenvalue weighted by Crippen LogP contribution is -2.61. The van der Waals surface area contributed by atoms with Gasteiger partial charge in [-0.1, -0.05) is 30.3 Å². The molecule has 5 rings (SSSR count). The number of carbonyl (C=O) groups excluding carboxylic acids is 1. The van der Waals surface area contributed by atoms with Crippen molar-refractivity contribution >= 4 is 11.6 Å². The van der Waals surface area contributed by atoms with Crippen LogP contribution >= 0.6 is 0 Å². The van der Waals surface area contributed by atoms with Gasteiger partial charge in [-0.3, -0.25) is 9.69 Å². The van der Waals surface area contributed by atoms with E-state index in [0.29, 0.717) is 18.5 Å². The van der Waals surface area contributed by atoms with Gasteiger partial charge in [0, 0.05) is 37.9 Å². The summed E-state index contributed by atoms with van der Waals surface area (Å²) in [6.07, 6.45) is -1.10. The molecule has 2 aromatic rings. The molecule has 1 aliphatic carbocycles. The van der Waals surface area contributed by atoms with Crippen molar-refractivity contribution in [1.29, 1.82) is 0 Å². The van der Waals surface area contributed by atoms with Gasteiger partial charge in [-0.15, -0.1) is 0 Å². The van der Waals surface area contributed by atoms with Crippen LogP contribution in [0.2, 0.25) is 0 Å². The predicted octanol–water partition coefficient (Wildman–Crippen LogP) is 3.89. The van der Waals surface area contributed by atoms with Gasteiger partial charge in [-0.05, 0) is 55.0 Å². The fraction of sp³-hybridized carbons (Fsp3) is 0.480. The molecule has 7 heteroatoms. The van der Waals surface area contributed by atoms with Gasteiger partial charge in [0.2, 0.25) is 5.91 Å². The fourth-order valence-electron chi connectivity index (χ4n) is 5.03. The van der Waals surface area contributed by atoms with E-state index in [4.69, 9.17) is 0 Å². The molecule has 2 fully saturated rings. The number of nitrogens with zero attached hydrogens (tertiary/aromatic N) is 2. The van der Waals surface area contributed by atoms with Gasteiger partial charge >= 0.3 is 6.18 Å². The number of benzene rings is 2. The molecule has 1 saturated heterocycles. The molecule has 1 N–H and O–H groups in total. The van der Waals surface area contributed by atoms with E-state index in [2.05, 4.69) is 27.2 Å². The summed E-state index contributed by atoms with van der Waals surface area (Å²) >= 11 is 0. The van der Waals surface area contributed by atoms with Crippen LogP contribution in [0.1, 0.15) is 29.5 Å². The summed E-state index contributed by atoms with van der Waals surface area (Å²) in [5, 5.41) is 3.10. The summed E-state index contributed by atoms with van der Waals surface area (Å²) in [5.74, 6) is -0.360. The third-order valence-electron chi connectivity index (χ3n) is 6.94. The summed E-state index contributed by atoms with van der Waals surface area (Å²) in [6.45, 7) is 3.20. The highest BCUT2D eigenvalue weighted by Crippen LogP contribution is 2.40. The maximum Gasteiger partial charge on any atom is 0.416 e. The zero-order chi connectivity index (χ0) is 22.3. The second-order valence-electron chi connectivity index (χ2n) is 9.23. The number of halogens is 3. The average Bonchev–Trinajstić information content (AvgIpc) is 3.60. The van der Waals surface area contributed by atoms with E-state index in [0.717, 1.165) is 44.6 Å². The van der Waals surface area contributed by atoms with Crippen LogP contribution in [0, 0.1) is 5.92 Å². The maximum absolute atomic E-state index is 13.3. The summed E-state index contributed by atoms with van der Waals surface area (Å²) in [5.41, 5.74) is 2.12. The summed E-state index contributed by atoms with van der Waals surface area (Å²) in [4.78, 5) is 17.7. The Bertz CT molecular complexity index is 974. The fourth-order valence-corrected chi connectivity index (χ4v) is 5.03. The molecule has 1 amide bonds. The second-order valence-corrected chi connectivity index (χ2v) is 9.23. The Balaban J connectivity index is 1.37. The Kier molecular flexibility index (Phi) is 5.61. The van der Waals surface area contributed by atoms with Crippen molar-refractivity contribution in [3.63, 3.8) is 0 Å². The van der Waals surface area contributed by atoms with E-state index in [9.17, 15) is 18.0 Å². The third kappa shape index (κ3) is 4.49. The van der Waals surface area contributed by atoms with Crippen LogP contribution in [0.25, 0.3) is 0 Å². The van der Waals surface area contributed by atoms with E-state index in [1.807, 2.05) is 18.2 Å². The normalized spacial score (nSPS) is 23.4. The minimum Gasteiger partial charge on any atom is -0.365 e. The summed E-state index contributed by atoms with van der Waals surface area (Å²) in [6, 6.07) is 14.5. The Morgan fingerprint density at radius 3 is 2.56 bits per heavy atom. The minimum atomic E-state index is -4.38. The van der Waals surface area contributed by atoms with Crippen LogP contribution in [-0.4, -0.2) is 49.1 Å². The standard InChI is InChI=1S/C25H28F3N3O/c26-25(27,28)19-6-9-22-18(14-19)15-21(24(32)29-20-7-8-20)23-16-30(12-13-31(22)23)11-10-17-4-2-1-3-5-17/h1-6,9,14,20-21,23H,7-8,10-13,15-16H2,(H,29,32)/t21-,23+/m0/s1. The van der Waals surface area contributed by atoms with Crippen molar-refractivity contribution in [2.45, 2.75) is 43.9 Å². The number of amides is 1. The van der Waals surface area contributed by atoms with Crippen molar-refractivity contribution in [2.75, 3.05) is 31.1 Å². The SMILES string of the molecule is O=C(NC1CC1)[C@H]1Cc2cc(C(F)(F)F)ccc2N2CCN(CCc3ccccc3)C[C@H]12. The lowest BCUT2D eigenvalue weighted by atomic mass is 9.82. The van der Waals surface area contributed by atoms with Crippen LogP contribution in [-0.2, 0) is 23.8 Å². The molecule has 0 radical (unpaired) electrons. The number of rotatable bonds is 5. The Hall–Kier alpha value is -2.54. The molecule has 2 heterocycles. The van der Waals surface area contributed by atoms with Gasteiger partial charge in [-0.2, -0.15) is 13.2 Å². The molecule has 1 saturated carbocycles. The van der Waals surface area contributed by atoms with Crippen LogP contribution < -0.4 is 10.2 Å². The lowest BCUT2D eigenvalue weighted by molar-refractivity contribution is -0.137. The highest BCUT2D eigenvalue weighted by molar-refractivity contribution is 5.82. The van der Waals surface area contributed by atoms with Crippen molar-refractivity contribution < 1.29 is 18.0 Å².